The molecule has 1 N–H and O–H groups in total. The monoisotopic (exact) mass is 367 g/mol. The first-order valence-corrected chi connectivity index (χ1v) is 11.0. The van der Waals surface area contributed by atoms with Crippen LogP contribution in [-0.4, -0.2) is 40.7 Å². The normalized spacial score (nSPS) is 11.4. The highest BCUT2D eigenvalue weighted by molar-refractivity contribution is 7.80. The second kappa shape index (κ2) is 19.2. The fourth-order valence-corrected chi connectivity index (χ4v) is 2.50. The first kappa shape index (κ1) is 26.1. The number of hydrogen-bond acceptors (Lipinski definition) is 4. The molecule has 0 aliphatic heterocycles. The van der Waals surface area contributed by atoms with Crippen molar-refractivity contribution in [1.29, 1.82) is 0 Å². The number of rotatable bonds is 15. The molecule has 0 rings (SSSR count). The van der Waals surface area contributed by atoms with E-state index in [9.17, 15) is 13.0 Å². The zero-order valence-electron chi connectivity index (χ0n) is 16.4. The standard InChI is InChI=1S/C17H37N.CH4O4S/c1-4-5-6-7-8-9-10-11-12-13-14-15-16-17-18(2)3;1-5-6(2,3)4/h4-17H2,1-3H3;1H3,(H,2,3,4). The number of hydrogen-bond donors (Lipinski definition) is 1. The third kappa shape index (κ3) is 29.8. The van der Waals surface area contributed by atoms with Crippen LogP contribution in [0.4, 0.5) is 0 Å². The molecule has 0 bridgehead atoms. The topological polar surface area (TPSA) is 70.9 Å². The number of nitrogens with one attached hydrogen (secondary N) is 1. The third-order valence-electron chi connectivity index (χ3n) is 3.98. The van der Waals surface area contributed by atoms with E-state index in [1.54, 1.807) is 4.90 Å². The highest BCUT2D eigenvalue weighted by atomic mass is 32.3. The van der Waals surface area contributed by atoms with Crippen LogP contribution in [-0.2, 0) is 14.6 Å². The quantitative estimate of drug-likeness (QED) is 0.274. The second-order valence-electron chi connectivity index (χ2n) is 6.77. The third-order valence-corrected chi connectivity index (χ3v) is 4.39. The molecule has 0 unspecified atom stereocenters. The van der Waals surface area contributed by atoms with Crippen LogP contribution in [0.3, 0.4) is 0 Å². The minimum atomic E-state index is -4.41. The van der Waals surface area contributed by atoms with Crippen LogP contribution in [0.25, 0.3) is 0 Å². The van der Waals surface area contributed by atoms with E-state index in [1.165, 1.54) is 90.0 Å². The van der Waals surface area contributed by atoms with Crippen molar-refractivity contribution in [2.24, 2.45) is 0 Å². The van der Waals surface area contributed by atoms with Gasteiger partial charge in [0.25, 0.3) is 0 Å². The van der Waals surface area contributed by atoms with E-state index in [4.69, 9.17) is 0 Å². The molecule has 0 heterocycles. The maximum absolute atomic E-state index is 9.22. The van der Waals surface area contributed by atoms with E-state index in [0.29, 0.717) is 0 Å². The molecule has 0 aromatic rings. The summed E-state index contributed by atoms with van der Waals surface area (Å²) >= 11 is 0. The minimum absolute atomic E-state index is 0.808. The fourth-order valence-electron chi connectivity index (χ4n) is 2.50. The lowest BCUT2D eigenvalue weighted by Crippen LogP contribution is -3.05. The summed E-state index contributed by atoms with van der Waals surface area (Å²) in [5.74, 6) is 0. The molecule has 0 aromatic heterocycles. The average Bonchev–Trinajstić information content (AvgIpc) is 2.51. The van der Waals surface area contributed by atoms with Crippen molar-refractivity contribution < 1.29 is 22.1 Å². The van der Waals surface area contributed by atoms with Crippen LogP contribution in [0.15, 0.2) is 0 Å². The molecule has 0 aliphatic rings. The van der Waals surface area contributed by atoms with Gasteiger partial charge in [-0.2, -0.15) is 0 Å². The lowest BCUT2D eigenvalue weighted by molar-refractivity contribution is -0.858. The first-order valence-electron chi connectivity index (χ1n) is 9.64. The molecule has 24 heavy (non-hydrogen) atoms. The molecule has 0 aliphatic carbocycles. The van der Waals surface area contributed by atoms with Crippen LogP contribution in [0.1, 0.15) is 90.4 Å². The highest BCUT2D eigenvalue weighted by Gasteiger charge is 1.95. The Morgan fingerprint density at radius 1 is 0.750 bits per heavy atom. The van der Waals surface area contributed by atoms with Gasteiger partial charge in [-0.1, -0.05) is 77.6 Å². The fraction of sp³-hybridized carbons (Fsp3) is 1.00. The zero-order chi connectivity index (χ0) is 18.7. The molecule has 148 valence electrons. The van der Waals surface area contributed by atoms with Crippen LogP contribution in [0.5, 0.6) is 0 Å². The smallest absolute Gasteiger partial charge is 0.217 e. The zero-order valence-corrected chi connectivity index (χ0v) is 17.3. The molecule has 0 fully saturated rings. The Kier molecular flexibility index (Phi) is 20.8. The number of quaternary nitrogens is 1. The van der Waals surface area contributed by atoms with Gasteiger partial charge in [0.1, 0.15) is 0 Å². The Bertz CT molecular complexity index is 332. The molecule has 0 amide bonds. The Labute approximate surface area is 151 Å². The lowest BCUT2D eigenvalue weighted by atomic mass is 10.0. The van der Waals surface area contributed by atoms with Gasteiger partial charge in [0.15, 0.2) is 0 Å². The van der Waals surface area contributed by atoms with Gasteiger partial charge in [0.2, 0.25) is 10.4 Å². The van der Waals surface area contributed by atoms with Crippen molar-refractivity contribution in [1.82, 2.24) is 0 Å². The van der Waals surface area contributed by atoms with Crippen molar-refractivity contribution in [3.05, 3.63) is 0 Å². The van der Waals surface area contributed by atoms with Crippen LogP contribution in [0.2, 0.25) is 0 Å². The predicted octanol–water partition coefficient (Wildman–Crippen LogP) is 3.32. The number of unbranched alkanes of at least 4 members (excludes halogenated alkanes) is 12. The van der Waals surface area contributed by atoms with Crippen molar-refractivity contribution in [3.8, 4) is 0 Å². The van der Waals surface area contributed by atoms with Gasteiger partial charge in [-0.05, 0) is 12.8 Å². The van der Waals surface area contributed by atoms with Gasteiger partial charge in [-0.3, -0.25) is 4.18 Å². The molecule has 0 aromatic carbocycles. The molecular weight excluding hydrogens is 326 g/mol. The molecule has 0 saturated heterocycles. The van der Waals surface area contributed by atoms with E-state index in [0.717, 1.165) is 7.11 Å². The van der Waals surface area contributed by atoms with Gasteiger partial charge < -0.3 is 9.45 Å². The van der Waals surface area contributed by atoms with E-state index in [1.807, 2.05) is 0 Å². The second-order valence-corrected chi connectivity index (χ2v) is 7.92. The van der Waals surface area contributed by atoms with Gasteiger partial charge >= 0.3 is 0 Å². The minimum Gasteiger partial charge on any atom is -0.726 e. The summed E-state index contributed by atoms with van der Waals surface area (Å²) in [6.45, 7) is 3.64. The predicted molar refractivity (Wildman–Crippen MR) is 100 cm³/mol. The van der Waals surface area contributed by atoms with Crippen molar-refractivity contribution in [2.45, 2.75) is 90.4 Å². The van der Waals surface area contributed by atoms with Crippen molar-refractivity contribution in [3.63, 3.8) is 0 Å². The Balaban J connectivity index is 0. The summed E-state index contributed by atoms with van der Waals surface area (Å²) < 4.78 is 31.0. The molecule has 0 radical (unpaired) electrons. The van der Waals surface area contributed by atoms with E-state index >= 15 is 0 Å². The molecule has 0 saturated carbocycles. The van der Waals surface area contributed by atoms with Crippen LogP contribution in [0, 0.1) is 0 Å². The summed E-state index contributed by atoms with van der Waals surface area (Å²) in [4.78, 5) is 1.60. The lowest BCUT2D eigenvalue weighted by Gasteiger charge is -2.06. The van der Waals surface area contributed by atoms with Crippen LogP contribution >= 0.6 is 0 Å². The van der Waals surface area contributed by atoms with E-state index in [2.05, 4.69) is 25.2 Å². The summed E-state index contributed by atoms with van der Waals surface area (Å²) in [7, 11) is 0.897. The summed E-state index contributed by atoms with van der Waals surface area (Å²) in [6.07, 6.45) is 18.9. The SMILES string of the molecule is CCCCCCCCCCCCCCC[NH+](C)C.COS(=O)(=O)[O-]. The van der Waals surface area contributed by atoms with Gasteiger partial charge in [0, 0.05) is 0 Å². The largest absolute Gasteiger partial charge is 0.726 e. The maximum Gasteiger partial charge on any atom is 0.217 e. The Morgan fingerprint density at radius 2 is 1.04 bits per heavy atom. The first-order chi connectivity index (χ1) is 11.3. The van der Waals surface area contributed by atoms with Gasteiger partial charge in [0.05, 0.1) is 27.7 Å². The molecule has 6 heteroatoms. The van der Waals surface area contributed by atoms with E-state index < -0.39 is 10.4 Å². The van der Waals surface area contributed by atoms with Crippen molar-refractivity contribution in [2.75, 3.05) is 27.7 Å². The Morgan fingerprint density at radius 3 is 1.29 bits per heavy atom. The average molecular weight is 368 g/mol. The summed E-state index contributed by atoms with van der Waals surface area (Å²) in [5, 5.41) is 0. The maximum atomic E-state index is 9.22. The summed E-state index contributed by atoms with van der Waals surface area (Å²) in [5.41, 5.74) is 0. The van der Waals surface area contributed by atoms with Gasteiger partial charge in [-0.15, -0.1) is 0 Å². The molecule has 0 atom stereocenters. The Hall–Kier alpha value is -0.170. The molecular formula is C18H41NO4S. The van der Waals surface area contributed by atoms with Gasteiger partial charge in [-0.25, -0.2) is 8.42 Å². The molecule has 5 nitrogen and oxygen atoms in total. The highest BCUT2D eigenvalue weighted by Crippen LogP contribution is 2.12. The summed E-state index contributed by atoms with van der Waals surface area (Å²) in [6, 6.07) is 0. The van der Waals surface area contributed by atoms with Crippen LogP contribution < -0.4 is 4.90 Å². The van der Waals surface area contributed by atoms with E-state index in [-0.39, 0.29) is 0 Å². The molecule has 0 spiro atoms. The van der Waals surface area contributed by atoms with Crippen molar-refractivity contribution >= 4 is 10.4 Å².